The molecule has 8 heteroatoms. The standard InChI is InChI=1S/C21H25N3O5/c1-24(13-20(25)22-15-4-7-17(27-2)8-5-15)14-21(26)23-16-6-9-18-19(12-16)29-11-3-10-28-18/h4-9,12H,3,10-11,13-14H2,1-2H3,(H,22,25)(H,23,26)/p+1. The smallest absolute Gasteiger partial charge is 0.279 e. The number of fused-ring (bicyclic) bond motifs is 1. The first-order chi connectivity index (χ1) is 14.0. The van der Waals surface area contributed by atoms with Gasteiger partial charge in [0.25, 0.3) is 11.8 Å². The third-order valence-corrected chi connectivity index (χ3v) is 4.33. The van der Waals surface area contributed by atoms with Gasteiger partial charge in [-0.2, -0.15) is 0 Å². The van der Waals surface area contributed by atoms with Gasteiger partial charge in [0.2, 0.25) is 0 Å². The Hall–Kier alpha value is -3.26. The highest BCUT2D eigenvalue weighted by molar-refractivity contribution is 5.93. The molecular formula is C21H26N3O5+. The Bertz CT molecular complexity index is 854. The second-order valence-corrected chi connectivity index (χ2v) is 6.85. The Morgan fingerprint density at radius 2 is 1.52 bits per heavy atom. The van der Waals surface area contributed by atoms with Gasteiger partial charge < -0.3 is 29.7 Å². The van der Waals surface area contributed by atoms with E-state index in [2.05, 4.69) is 10.6 Å². The van der Waals surface area contributed by atoms with Gasteiger partial charge in [-0.05, 0) is 36.4 Å². The summed E-state index contributed by atoms with van der Waals surface area (Å²) in [6.45, 7) is 1.52. The molecule has 0 spiro atoms. The molecule has 1 atom stereocenters. The summed E-state index contributed by atoms with van der Waals surface area (Å²) < 4.78 is 16.3. The summed E-state index contributed by atoms with van der Waals surface area (Å²) in [4.78, 5) is 25.3. The molecule has 1 unspecified atom stereocenters. The van der Waals surface area contributed by atoms with Crippen LogP contribution in [0, 0.1) is 0 Å². The van der Waals surface area contributed by atoms with Crippen LogP contribution >= 0.6 is 0 Å². The van der Waals surface area contributed by atoms with Crippen LogP contribution in [0.3, 0.4) is 0 Å². The number of quaternary nitrogens is 1. The fourth-order valence-electron chi connectivity index (χ4n) is 2.94. The first kappa shape index (κ1) is 20.5. The van der Waals surface area contributed by atoms with Crippen LogP contribution < -0.4 is 29.7 Å². The Morgan fingerprint density at radius 3 is 2.17 bits per heavy atom. The van der Waals surface area contributed by atoms with E-state index in [0.29, 0.717) is 36.1 Å². The predicted octanol–water partition coefficient (Wildman–Crippen LogP) is 0.948. The molecule has 2 aromatic carbocycles. The number of likely N-dealkylation sites (N-methyl/N-ethyl adjacent to an activating group) is 1. The number of benzene rings is 2. The lowest BCUT2D eigenvalue weighted by Gasteiger charge is -2.14. The maximum atomic E-state index is 12.3. The van der Waals surface area contributed by atoms with E-state index in [9.17, 15) is 9.59 Å². The monoisotopic (exact) mass is 400 g/mol. The van der Waals surface area contributed by atoms with Crippen molar-refractivity contribution in [3.63, 3.8) is 0 Å². The van der Waals surface area contributed by atoms with Gasteiger partial charge in [-0.15, -0.1) is 0 Å². The fraction of sp³-hybridized carbons (Fsp3) is 0.333. The molecular weight excluding hydrogens is 374 g/mol. The summed E-state index contributed by atoms with van der Waals surface area (Å²) in [6.07, 6.45) is 0.823. The Morgan fingerprint density at radius 1 is 0.931 bits per heavy atom. The minimum Gasteiger partial charge on any atom is -0.497 e. The Kier molecular flexibility index (Phi) is 6.91. The van der Waals surface area contributed by atoms with Crippen LogP contribution in [-0.2, 0) is 9.59 Å². The normalized spacial score (nSPS) is 13.7. The number of anilines is 2. The molecule has 3 N–H and O–H groups in total. The molecule has 1 aliphatic heterocycles. The van der Waals surface area contributed by atoms with Crippen LogP contribution in [0.15, 0.2) is 42.5 Å². The van der Waals surface area contributed by atoms with Crippen molar-refractivity contribution in [1.82, 2.24) is 0 Å². The number of methoxy groups -OCH3 is 1. The van der Waals surface area contributed by atoms with E-state index in [4.69, 9.17) is 14.2 Å². The van der Waals surface area contributed by atoms with E-state index in [0.717, 1.165) is 17.1 Å². The fourth-order valence-corrected chi connectivity index (χ4v) is 2.94. The molecule has 1 aliphatic rings. The Balaban J connectivity index is 1.47. The van der Waals surface area contributed by atoms with Crippen molar-refractivity contribution in [2.75, 3.05) is 51.1 Å². The van der Waals surface area contributed by atoms with Gasteiger partial charge in [-0.25, -0.2) is 0 Å². The molecule has 0 radical (unpaired) electrons. The molecule has 0 aromatic heterocycles. The summed E-state index contributed by atoms with van der Waals surface area (Å²) in [7, 11) is 3.38. The average Bonchev–Trinajstić information content (AvgIpc) is 2.93. The summed E-state index contributed by atoms with van der Waals surface area (Å²) in [5.74, 6) is 1.67. The molecule has 3 rings (SSSR count). The number of rotatable bonds is 7. The number of hydrogen-bond donors (Lipinski definition) is 3. The van der Waals surface area contributed by atoms with Gasteiger partial charge in [0.1, 0.15) is 5.75 Å². The molecule has 1 heterocycles. The van der Waals surface area contributed by atoms with E-state index >= 15 is 0 Å². The number of nitrogens with one attached hydrogen (secondary N) is 3. The van der Waals surface area contributed by atoms with Gasteiger partial charge in [0, 0.05) is 23.9 Å². The maximum Gasteiger partial charge on any atom is 0.279 e. The molecule has 0 saturated heterocycles. The number of hydrogen-bond acceptors (Lipinski definition) is 5. The maximum absolute atomic E-state index is 12.3. The van der Waals surface area contributed by atoms with Crippen LogP contribution in [0.1, 0.15) is 6.42 Å². The second-order valence-electron chi connectivity index (χ2n) is 6.85. The molecule has 29 heavy (non-hydrogen) atoms. The minimum absolute atomic E-state index is 0.157. The van der Waals surface area contributed by atoms with Crippen LogP contribution in [0.5, 0.6) is 17.2 Å². The lowest BCUT2D eigenvalue weighted by Crippen LogP contribution is -3.11. The zero-order chi connectivity index (χ0) is 20.6. The highest BCUT2D eigenvalue weighted by Gasteiger charge is 2.16. The van der Waals surface area contributed by atoms with Gasteiger partial charge in [-0.1, -0.05) is 0 Å². The minimum atomic E-state index is -0.186. The van der Waals surface area contributed by atoms with Gasteiger partial charge in [0.15, 0.2) is 24.6 Å². The summed E-state index contributed by atoms with van der Waals surface area (Å²) in [5.41, 5.74) is 1.31. The zero-order valence-corrected chi connectivity index (χ0v) is 16.6. The van der Waals surface area contributed by atoms with Crippen molar-refractivity contribution in [1.29, 1.82) is 0 Å². The van der Waals surface area contributed by atoms with Crippen molar-refractivity contribution in [3.8, 4) is 17.2 Å². The van der Waals surface area contributed by atoms with Crippen LogP contribution in [0.2, 0.25) is 0 Å². The molecule has 154 valence electrons. The van der Waals surface area contributed by atoms with Crippen LogP contribution in [0.25, 0.3) is 0 Å². The number of ether oxygens (including phenoxy) is 3. The predicted molar refractivity (Wildman–Crippen MR) is 109 cm³/mol. The summed E-state index contributed by atoms with van der Waals surface area (Å²) in [6, 6.07) is 12.4. The molecule has 2 aromatic rings. The SMILES string of the molecule is COc1ccc(NC(=O)C[NH+](C)CC(=O)Nc2ccc3c(c2)OCCCO3)cc1. The van der Waals surface area contributed by atoms with Gasteiger partial charge in [-0.3, -0.25) is 9.59 Å². The van der Waals surface area contributed by atoms with Crippen LogP contribution in [-0.4, -0.2) is 52.3 Å². The van der Waals surface area contributed by atoms with E-state index in [1.54, 1.807) is 56.6 Å². The molecule has 0 bridgehead atoms. The summed E-state index contributed by atoms with van der Waals surface area (Å²) >= 11 is 0. The molecule has 2 amide bonds. The van der Waals surface area contributed by atoms with Crippen molar-refractivity contribution in [3.05, 3.63) is 42.5 Å². The third kappa shape index (κ3) is 6.11. The highest BCUT2D eigenvalue weighted by atomic mass is 16.5. The third-order valence-electron chi connectivity index (χ3n) is 4.33. The highest BCUT2D eigenvalue weighted by Crippen LogP contribution is 2.32. The number of amides is 2. The first-order valence-electron chi connectivity index (χ1n) is 9.48. The number of carbonyl (C=O) groups excluding carboxylic acids is 2. The Labute approximate surface area is 169 Å². The van der Waals surface area contributed by atoms with Gasteiger partial charge in [0.05, 0.1) is 27.4 Å². The quantitative estimate of drug-likeness (QED) is 0.644. The molecule has 8 nitrogen and oxygen atoms in total. The second kappa shape index (κ2) is 9.79. The first-order valence-corrected chi connectivity index (χ1v) is 9.48. The van der Waals surface area contributed by atoms with Gasteiger partial charge >= 0.3 is 0 Å². The van der Waals surface area contributed by atoms with Crippen molar-refractivity contribution < 1.29 is 28.7 Å². The van der Waals surface area contributed by atoms with E-state index in [1.807, 2.05) is 0 Å². The molecule has 0 aliphatic carbocycles. The van der Waals surface area contributed by atoms with Crippen LogP contribution in [0.4, 0.5) is 11.4 Å². The summed E-state index contributed by atoms with van der Waals surface area (Å²) in [5, 5.41) is 5.65. The molecule has 0 fully saturated rings. The lowest BCUT2D eigenvalue weighted by molar-refractivity contribution is -0.862. The average molecular weight is 400 g/mol. The topological polar surface area (TPSA) is 90.3 Å². The van der Waals surface area contributed by atoms with E-state index in [1.165, 1.54) is 0 Å². The lowest BCUT2D eigenvalue weighted by atomic mass is 10.2. The zero-order valence-electron chi connectivity index (χ0n) is 16.6. The van der Waals surface area contributed by atoms with E-state index < -0.39 is 0 Å². The van der Waals surface area contributed by atoms with E-state index in [-0.39, 0.29) is 24.9 Å². The van der Waals surface area contributed by atoms with Crippen molar-refractivity contribution >= 4 is 23.2 Å². The van der Waals surface area contributed by atoms with Crippen molar-refractivity contribution in [2.45, 2.75) is 6.42 Å². The van der Waals surface area contributed by atoms with Crippen molar-refractivity contribution in [2.24, 2.45) is 0 Å². The number of carbonyl (C=O) groups is 2. The largest absolute Gasteiger partial charge is 0.497 e. The molecule has 0 saturated carbocycles.